The standard InChI is InChI=1S/C14H17N5O6/c1-3-24-12(21)10-11(13(22)25-4-2)19(17-16-10)8-7-18-9(20)5-6-15-14(18)23/h5-6H,3-4,7-8H2,1-2H3,(H,15,23). The van der Waals surface area contributed by atoms with Crippen LogP contribution in [0.25, 0.3) is 0 Å². The highest BCUT2D eigenvalue weighted by Crippen LogP contribution is 2.10. The molecule has 134 valence electrons. The van der Waals surface area contributed by atoms with Crippen LogP contribution in [0.5, 0.6) is 0 Å². The monoisotopic (exact) mass is 351 g/mol. The molecule has 0 saturated carbocycles. The number of rotatable bonds is 7. The topological polar surface area (TPSA) is 138 Å². The van der Waals surface area contributed by atoms with Gasteiger partial charge in [-0.05, 0) is 13.8 Å². The normalized spacial score (nSPS) is 10.5. The van der Waals surface area contributed by atoms with E-state index in [1.54, 1.807) is 13.8 Å². The van der Waals surface area contributed by atoms with Gasteiger partial charge in [-0.2, -0.15) is 0 Å². The summed E-state index contributed by atoms with van der Waals surface area (Å²) in [7, 11) is 0. The minimum absolute atomic E-state index is 0.0481. The molecule has 0 aromatic carbocycles. The molecule has 0 unspecified atom stereocenters. The number of aryl methyl sites for hydroxylation is 1. The zero-order chi connectivity index (χ0) is 18.4. The number of ether oxygens (including phenoxy) is 2. The number of nitrogens with zero attached hydrogens (tertiary/aromatic N) is 4. The van der Waals surface area contributed by atoms with Crippen LogP contribution < -0.4 is 11.2 Å². The highest BCUT2D eigenvalue weighted by molar-refractivity contribution is 6.00. The van der Waals surface area contributed by atoms with E-state index in [4.69, 9.17) is 9.47 Å². The van der Waals surface area contributed by atoms with E-state index >= 15 is 0 Å². The summed E-state index contributed by atoms with van der Waals surface area (Å²) in [5.41, 5.74) is -1.58. The van der Waals surface area contributed by atoms with Gasteiger partial charge in [0.25, 0.3) is 5.56 Å². The number of aromatic amines is 1. The Morgan fingerprint density at radius 3 is 2.44 bits per heavy atom. The van der Waals surface area contributed by atoms with E-state index < -0.39 is 23.2 Å². The molecule has 0 spiro atoms. The Labute approximate surface area is 141 Å². The lowest BCUT2D eigenvalue weighted by Gasteiger charge is -2.08. The van der Waals surface area contributed by atoms with Crippen LogP contribution in [0.4, 0.5) is 0 Å². The summed E-state index contributed by atoms with van der Waals surface area (Å²) in [6.07, 6.45) is 1.24. The number of carbonyl (C=O) groups excluding carboxylic acids is 2. The predicted octanol–water partition coefficient (Wildman–Crippen LogP) is -0.818. The third kappa shape index (κ3) is 4.00. The van der Waals surface area contributed by atoms with Crippen molar-refractivity contribution in [3.05, 3.63) is 44.5 Å². The molecule has 0 aliphatic heterocycles. The minimum atomic E-state index is -0.813. The van der Waals surface area contributed by atoms with Crippen molar-refractivity contribution in [3.8, 4) is 0 Å². The molecule has 0 aliphatic carbocycles. The maximum atomic E-state index is 12.1. The third-order valence-corrected chi connectivity index (χ3v) is 3.15. The van der Waals surface area contributed by atoms with Gasteiger partial charge in [-0.3, -0.25) is 9.36 Å². The van der Waals surface area contributed by atoms with Crippen LogP contribution >= 0.6 is 0 Å². The molecule has 25 heavy (non-hydrogen) atoms. The van der Waals surface area contributed by atoms with Crippen molar-refractivity contribution in [1.82, 2.24) is 24.5 Å². The maximum Gasteiger partial charge on any atom is 0.361 e. The Hall–Kier alpha value is -3.24. The number of carbonyl (C=O) groups is 2. The van der Waals surface area contributed by atoms with E-state index in [0.29, 0.717) is 0 Å². The Morgan fingerprint density at radius 2 is 1.80 bits per heavy atom. The van der Waals surface area contributed by atoms with E-state index in [0.717, 1.165) is 9.25 Å². The molecule has 0 fully saturated rings. The highest BCUT2D eigenvalue weighted by atomic mass is 16.5. The van der Waals surface area contributed by atoms with Crippen LogP contribution in [-0.2, 0) is 22.6 Å². The molecule has 2 rings (SSSR count). The second-order valence-electron chi connectivity index (χ2n) is 4.72. The number of H-pyrrole nitrogens is 1. The van der Waals surface area contributed by atoms with Crippen molar-refractivity contribution in [2.75, 3.05) is 13.2 Å². The molecule has 2 heterocycles. The Kier molecular flexibility index (Phi) is 5.82. The zero-order valence-corrected chi connectivity index (χ0v) is 13.7. The smallest absolute Gasteiger partial charge is 0.361 e. The molecule has 0 saturated heterocycles. The van der Waals surface area contributed by atoms with Gasteiger partial charge in [-0.1, -0.05) is 5.21 Å². The van der Waals surface area contributed by atoms with Crippen LogP contribution in [0.3, 0.4) is 0 Å². The summed E-state index contributed by atoms with van der Waals surface area (Å²) >= 11 is 0. The van der Waals surface area contributed by atoms with Gasteiger partial charge in [0.1, 0.15) is 0 Å². The summed E-state index contributed by atoms with van der Waals surface area (Å²) in [6.45, 7) is 3.28. The Morgan fingerprint density at radius 1 is 1.12 bits per heavy atom. The number of aromatic nitrogens is 5. The fourth-order valence-electron chi connectivity index (χ4n) is 2.07. The van der Waals surface area contributed by atoms with Gasteiger partial charge < -0.3 is 14.5 Å². The van der Waals surface area contributed by atoms with Crippen molar-refractivity contribution in [2.24, 2.45) is 0 Å². The number of esters is 2. The molecular formula is C14H17N5O6. The van der Waals surface area contributed by atoms with Crippen molar-refractivity contribution in [1.29, 1.82) is 0 Å². The van der Waals surface area contributed by atoms with E-state index in [1.165, 1.54) is 12.3 Å². The lowest BCUT2D eigenvalue weighted by Crippen LogP contribution is -2.35. The third-order valence-electron chi connectivity index (χ3n) is 3.15. The largest absolute Gasteiger partial charge is 0.461 e. The van der Waals surface area contributed by atoms with Gasteiger partial charge >= 0.3 is 17.6 Å². The minimum Gasteiger partial charge on any atom is -0.461 e. The van der Waals surface area contributed by atoms with E-state index in [9.17, 15) is 19.2 Å². The lowest BCUT2D eigenvalue weighted by molar-refractivity contribution is 0.0466. The summed E-state index contributed by atoms with van der Waals surface area (Å²) in [4.78, 5) is 49.8. The van der Waals surface area contributed by atoms with Gasteiger partial charge in [0.15, 0.2) is 5.69 Å². The molecule has 2 aromatic heterocycles. The molecule has 0 amide bonds. The van der Waals surface area contributed by atoms with Crippen molar-refractivity contribution < 1.29 is 19.1 Å². The van der Waals surface area contributed by atoms with Gasteiger partial charge in [0.2, 0.25) is 5.69 Å². The number of hydrogen-bond donors (Lipinski definition) is 1. The quantitative estimate of drug-likeness (QED) is 0.639. The van der Waals surface area contributed by atoms with E-state index in [1.807, 2.05) is 0 Å². The van der Waals surface area contributed by atoms with Crippen LogP contribution in [0.2, 0.25) is 0 Å². The van der Waals surface area contributed by atoms with E-state index in [2.05, 4.69) is 15.3 Å². The Balaban J connectivity index is 2.34. The van der Waals surface area contributed by atoms with Crippen molar-refractivity contribution >= 4 is 11.9 Å². The predicted molar refractivity (Wildman–Crippen MR) is 83.3 cm³/mol. The maximum absolute atomic E-state index is 12.1. The zero-order valence-electron chi connectivity index (χ0n) is 13.7. The molecule has 2 aromatic rings. The first-order valence-corrected chi connectivity index (χ1v) is 7.55. The summed E-state index contributed by atoms with van der Waals surface area (Å²) in [6, 6.07) is 1.19. The van der Waals surface area contributed by atoms with Crippen LogP contribution in [0, 0.1) is 0 Å². The summed E-state index contributed by atoms with van der Waals surface area (Å²) in [5, 5.41) is 7.39. The van der Waals surface area contributed by atoms with Gasteiger partial charge in [-0.15, -0.1) is 5.10 Å². The molecule has 0 radical (unpaired) electrons. The van der Waals surface area contributed by atoms with Crippen LogP contribution in [0.1, 0.15) is 34.8 Å². The molecule has 11 nitrogen and oxygen atoms in total. The van der Waals surface area contributed by atoms with Crippen LogP contribution in [-0.4, -0.2) is 49.7 Å². The van der Waals surface area contributed by atoms with Crippen molar-refractivity contribution in [3.63, 3.8) is 0 Å². The number of nitrogens with one attached hydrogen (secondary N) is 1. The Bertz CT molecular complexity index is 852. The summed E-state index contributed by atoms with van der Waals surface area (Å²) in [5.74, 6) is -1.61. The highest BCUT2D eigenvalue weighted by Gasteiger charge is 2.27. The fourth-order valence-corrected chi connectivity index (χ4v) is 2.07. The second-order valence-corrected chi connectivity index (χ2v) is 4.72. The SMILES string of the molecule is CCOC(=O)c1nnn(CCn2c(=O)cc[nH]c2=O)c1C(=O)OCC. The van der Waals surface area contributed by atoms with Gasteiger partial charge in [0, 0.05) is 12.3 Å². The molecule has 11 heteroatoms. The lowest BCUT2D eigenvalue weighted by atomic mass is 10.3. The number of hydrogen-bond acceptors (Lipinski definition) is 8. The molecular weight excluding hydrogens is 334 g/mol. The van der Waals surface area contributed by atoms with E-state index in [-0.39, 0.29) is 37.7 Å². The van der Waals surface area contributed by atoms with Crippen LogP contribution in [0.15, 0.2) is 21.9 Å². The molecule has 0 aliphatic rings. The molecule has 0 atom stereocenters. The average Bonchev–Trinajstić information content (AvgIpc) is 2.99. The first-order chi connectivity index (χ1) is 12.0. The molecule has 0 bridgehead atoms. The second kappa shape index (κ2) is 8.04. The first-order valence-electron chi connectivity index (χ1n) is 7.55. The first kappa shape index (κ1) is 18.1. The van der Waals surface area contributed by atoms with Crippen molar-refractivity contribution in [2.45, 2.75) is 26.9 Å². The van der Waals surface area contributed by atoms with Gasteiger partial charge in [-0.25, -0.2) is 19.1 Å². The average molecular weight is 351 g/mol. The molecule has 1 N–H and O–H groups in total. The summed E-state index contributed by atoms with van der Waals surface area (Å²) < 4.78 is 11.8. The van der Waals surface area contributed by atoms with Gasteiger partial charge in [0.05, 0.1) is 26.3 Å². The fraction of sp³-hybridized carbons (Fsp3) is 0.429.